The molecule has 0 aromatic heterocycles. The van der Waals surface area contributed by atoms with Gasteiger partial charge in [0.15, 0.2) is 15.6 Å². The zero-order valence-electron chi connectivity index (χ0n) is 8.38. The molecule has 0 N–H and O–H groups in total. The van der Waals surface area contributed by atoms with E-state index in [0.29, 0.717) is 0 Å². The van der Waals surface area contributed by atoms with Crippen LogP contribution in [0.2, 0.25) is 0 Å². The molecule has 3 nitrogen and oxygen atoms in total. The summed E-state index contributed by atoms with van der Waals surface area (Å²) in [6, 6.07) is 9.24. The van der Waals surface area contributed by atoms with E-state index in [1.807, 2.05) is 30.3 Å². The summed E-state index contributed by atoms with van der Waals surface area (Å²) in [6.45, 7) is 0. The Morgan fingerprint density at radius 2 is 1.87 bits per heavy atom. The van der Waals surface area contributed by atoms with Crippen molar-refractivity contribution in [3.8, 4) is 0 Å². The quantitative estimate of drug-likeness (QED) is 0.725. The monoisotopic (exact) mass is 224 g/mol. The van der Waals surface area contributed by atoms with Crippen LogP contribution < -0.4 is 0 Å². The fourth-order valence-electron chi connectivity index (χ4n) is 1.06. The molecule has 0 aliphatic carbocycles. The van der Waals surface area contributed by atoms with E-state index in [4.69, 9.17) is 0 Å². The molecule has 1 aromatic carbocycles. The Bertz CT molecular complexity index is 458. The van der Waals surface area contributed by atoms with E-state index >= 15 is 0 Å². The summed E-state index contributed by atoms with van der Waals surface area (Å²) in [4.78, 5) is 11.2. The molecule has 1 aromatic rings. The minimum atomic E-state index is -3.23. The summed E-state index contributed by atoms with van der Waals surface area (Å²) in [5, 5.41) is 0. The number of carbonyl (C=O) groups is 1. The maximum Gasteiger partial charge on any atom is 0.170 e. The van der Waals surface area contributed by atoms with Crippen LogP contribution >= 0.6 is 0 Å². The van der Waals surface area contributed by atoms with E-state index in [9.17, 15) is 13.2 Å². The van der Waals surface area contributed by atoms with Gasteiger partial charge in [-0.25, -0.2) is 8.42 Å². The van der Waals surface area contributed by atoms with Crippen LogP contribution in [-0.2, 0) is 14.6 Å². The van der Waals surface area contributed by atoms with Crippen molar-refractivity contribution in [2.75, 3.05) is 12.0 Å². The Balaban J connectivity index is 2.64. The van der Waals surface area contributed by atoms with Gasteiger partial charge in [0.25, 0.3) is 0 Å². The van der Waals surface area contributed by atoms with Crippen LogP contribution in [0.3, 0.4) is 0 Å². The first-order chi connectivity index (χ1) is 6.97. The molecule has 0 atom stereocenters. The molecule has 0 amide bonds. The third-order valence-electron chi connectivity index (χ3n) is 1.67. The minimum Gasteiger partial charge on any atom is -0.294 e. The van der Waals surface area contributed by atoms with Gasteiger partial charge in [0.05, 0.1) is 0 Å². The van der Waals surface area contributed by atoms with Crippen molar-refractivity contribution in [1.29, 1.82) is 0 Å². The highest BCUT2D eigenvalue weighted by molar-refractivity contribution is 7.91. The first-order valence-corrected chi connectivity index (χ1v) is 6.47. The molecule has 0 aliphatic heterocycles. The van der Waals surface area contributed by atoms with E-state index in [2.05, 4.69) is 0 Å². The number of benzene rings is 1. The van der Waals surface area contributed by atoms with Crippen molar-refractivity contribution >= 4 is 21.7 Å². The lowest BCUT2D eigenvalue weighted by atomic mass is 10.2. The van der Waals surface area contributed by atoms with E-state index in [1.54, 1.807) is 6.08 Å². The average molecular weight is 224 g/mol. The minimum absolute atomic E-state index is 0.402. The van der Waals surface area contributed by atoms with Gasteiger partial charge in [0.2, 0.25) is 0 Å². The van der Waals surface area contributed by atoms with Gasteiger partial charge in [-0.05, 0) is 11.6 Å². The summed E-state index contributed by atoms with van der Waals surface area (Å²) in [5.74, 6) is -0.836. The fraction of sp³-hybridized carbons (Fsp3) is 0.182. The fourth-order valence-corrected chi connectivity index (χ4v) is 1.67. The summed E-state index contributed by atoms with van der Waals surface area (Å²) in [7, 11) is -3.23. The van der Waals surface area contributed by atoms with Gasteiger partial charge in [-0.3, -0.25) is 4.79 Å². The lowest BCUT2D eigenvalue weighted by Gasteiger charge is -1.93. The number of hydrogen-bond donors (Lipinski definition) is 0. The van der Waals surface area contributed by atoms with Crippen molar-refractivity contribution in [2.24, 2.45) is 0 Å². The largest absolute Gasteiger partial charge is 0.294 e. The molecule has 0 heterocycles. The van der Waals surface area contributed by atoms with Crippen LogP contribution in [0.1, 0.15) is 5.56 Å². The standard InChI is InChI=1S/C11H12O3S/c1-15(13,14)9-11(12)8-7-10-5-3-2-4-6-10/h2-8H,9H2,1H3. The van der Waals surface area contributed by atoms with Crippen molar-refractivity contribution in [1.82, 2.24) is 0 Å². The smallest absolute Gasteiger partial charge is 0.170 e. The first-order valence-electron chi connectivity index (χ1n) is 4.41. The van der Waals surface area contributed by atoms with Crippen LogP contribution in [0, 0.1) is 0 Å². The van der Waals surface area contributed by atoms with Gasteiger partial charge in [0.1, 0.15) is 5.75 Å². The molecule has 0 saturated carbocycles. The van der Waals surface area contributed by atoms with Crippen LogP contribution in [0.5, 0.6) is 0 Å². The summed E-state index contributed by atoms with van der Waals surface area (Å²) in [5.41, 5.74) is 0.874. The molecule has 0 spiro atoms. The maximum absolute atomic E-state index is 11.2. The van der Waals surface area contributed by atoms with Gasteiger partial charge in [-0.2, -0.15) is 0 Å². The number of ketones is 1. The zero-order valence-corrected chi connectivity index (χ0v) is 9.20. The second kappa shape index (κ2) is 4.89. The van der Waals surface area contributed by atoms with Crippen LogP contribution in [0.15, 0.2) is 36.4 Å². The van der Waals surface area contributed by atoms with Gasteiger partial charge in [0, 0.05) is 6.26 Å². The van der Waals surface area contributed by atoms with Crippen molar-refractivity contribution in [2.45, 2.75) is 0 Å². The second-order valence-corrected chi connectivity index (χ2v) is 5.42. The number of hydrogen-bond acceptors (Lipinski definition) is 3. The molecule has 1 rings (SSSR count). The maximum atomic E-state index is 11.2. The number of carbonyl (C=O) groups excluding carboxylic acids is 1. The molecule has 0 unspecified atom stereocenters. The van der Waals surface area contributed by atoms with E-state index in [1.165, 1.54) is 6.08 Å². The molecule has 0 aliphatic rings. The van der Waals surface area contributed by atoms with Crippen LogP contribution in [-0.4, -0.2) is 26.2 Å². The Labute approximate surface area is 89.4 Å². The SMILES string of the molecule is CS(=O)(=O)CC(=O)C=Cc1ccccc1. The number of rotatable bonds is 4. The third-order valence-corrected chi connectivity index (χ3v) is 2.47. The number of allylic oxidation sites excluding steroid dienone is 1. The molecule has 0 fully saturated rings. The van der Waals surface area contributed by atoms with Crippen LogP contribution in [0.25, 0.3) is 6.08 Å². The molecule has 15 heavy (non-hydrogen) atoms. The molecule has 0 saturated heterocycles. The van der Waals surface area contributed by atoms with Crippen LogP contribution in [0.4, 0.5) is 0 Å². The van der Waals surface area contributed by atoms with E-state index in [0.717, 1.165) is 11.8 Å². The lowest BCUT2D eigenvalue weighted by molar-refractivity contribution is -0.112. The molecule has 0 radical (unpaired) electrons. The van der Waals surface area contributed by atoms with Gasteiger partial charge in [-0.1, -0.05) is 36.4 Å². The third kappa shape index (κ3) is 5.12. The highest BCUT2D eigenvalue weighted by Crippen LogP contribution is 2.01. The first kappa shape index (κ1) is 11.7. The lowest BCUT2D eigenvalue weighted by Crippen LogP contribution is -2.11. The highest BCUT2D eigenvalue weighted by atomic mass is 32.2. The van der Waals surface area contributed by atoms with Crippen molar-refractivity contribution < 1.29 is 13.2 Å². The Morgan fingerprint density at radius 1 is 1.27 bits per heavy atom. The molecular weight excluding hydrogens is 212 g/mol. The summed E-state index contributed by atoms with van der Waals surface area (Å²) >= 11 is 0. The zero-order chi connectivity index (χ0) is 11.3. The predicted octanol–water partition coefficient (Wildman–Crippen LogP) is 1.31. The summed E-state index contributed by atoms with van der Waals surface area (Å²) < 4.78 is 21.6. The molecule has 4 heteroatoms. The number of sulfone groups is 1. The van der Waals surface area contributed by atoms with Gasteiger partial charge < -0.3 is 0 Å². The Hall–Kier alpha value is -1.42. The van der Waals surface area contributed by atoms with E-state index in [-0.39, 0.29) is 0 Å². The molecular formula is C11H12O3S. The average Bonchev–Trinajstić information content (AvgIpc) is 2.14. The Morgan fingerprint density at radius 3 is 2.40 bits per heavy atom. The highest BCUT2D eigenvalue weighted by Gasteiger charge is 2.06. The predicted molar refractivity (Wildman–Crippen MR) is 60.2 cm³/mol. The Kier molecular flexibility index (Phi) is 3.80. The topological polar surface area (TPSA) is 51.2 Å². The van der Waals surface area contributed by atoms with Gasteiger partial charge >= 0.3 is 0 Å². The summed E-state index contributed by atoms with van der Waals surface area (Å²) in [6.07, 6.45) is 3.94. The van der Waals surface area contributed by atoms with Gasteiger partial charge in [-0.15, -0.1) is 0 Å². The van der Waals surface area contributed by atoms with Crippen molar-refractivity contribution in [3.63, 3.8) is 0 Å². The molecule has 0 bridgehead atoms. The molecule has 80 valence electrons. The van der Waals surface area contributed by atoms with Crippen molar-refractivity contribution in [3.05, 3.63) is 42.0 Å². The normalized spacial score (nSPS) is 11.8. The van der Waals surface area contributed by atoms with E-state index < -0.39 is 21.4 Å². The second-order valence-electron chi connectivity index (χ2n) is 3.28.